The van der Waals surface area contributed by atoms with Gasteiger partial charge in [0.2, 0.25) is 0 Å². The van der Waals surface area contributed by atoms with Crippen molar-refractivity contribution in [2.75, 3.05) is 19.7 Å². The second kappa shape index (κ2) is 5.92. The Bertz CT molecular complexity index is 417. The first-order valence-electron chi connectivity index (χ1n) is 6.78. The van der Waals surface area contributed by atoms with Gasteiger partial charge in [0, 0.05) is 29.6 Å². The Kier molecular flexibility index (Phi) is 4.66. The Labute approximate surface area is 124 Å². The lowest BCUT2D eigenvalue weighted by molar-refractivity contribution is -0.0995. The molecule has 0 aromatic heterocycles. The summed E-state index contributed by atoms with van der Waals surface area (Å²) in [5, 5.41) is 0. The van der Waals surface area contributed by atoms with E-state index in [9.17, 15) is 0 Å². The van der Waals surface area contributed by atoms with Gasteiger partial charge >= 0.3 is 0 Å². The Balaban J connectivity index is 2.22. The first-order chi connectivity index (χ1) is 8.89. The van der Waals surface area contributed by atoms with Crippen LogP contribution >= 0.6 is 15.9 Å². The average Bonchev–Trinajstić information content (AvgIpc) is 2.30. The van der Waals surface area contributed by atoms with E-state index in [0.29, 0.717) is 0 Å². The number of halogens is 1. The zero-order valence-corrected chi connectivity index (χ0v) is 13.5. The van der Waals surface area contributed by atoms with Crippen LogP contribution < -0.4 is 5.73 Å². The smallest absolute Gasteiger partial charge is 0.0753 e. The predicted molar refractivity (Wildman–Crippen MR) is 82.1 cm³/mol. The maximum absolute atomic E-state index is 6.23. The van der Waals surface area contributed by atoms with E-state index in [2.05, 4.69) is 65.9 Å². The van der Waals surface area contributed by atoms with Gasteiger partial charge in [0.25, 0.3) is 0 Å². The summed E-state index contributed by atoms with van der Waals surface area (Å²) < 4.78 is 6.89. The normalized spacial score (nSPS) is 23.0. The van der Waals surface area contributed by atoms with Crippen molar-refractivity contribution in [1.29, 1.82) is 0 Å². The standard InChI is InChI=1S/C15H23BrN2O/c1-11(17)14(12-4-6-13(16)7-5-12)18-8-9-19-15(2,3)10-18/h4-7,11,14H,8-10,17H2,1-3H3. The van der Waals surface area contributed by atoms with Gasteiger partial charge < -0.3 is 10.5 Å². The number of nitrogens with zero attached hydrogens (tertiary/aromatic N) is 1. The lowest BCUT2D eigenvalue weighted by Gasteiger charge is -2.43. The van der Waals surface area contributed by atoms with Gasteiger partial charge in [-0.05, 0) is 38.5 Å². The van der Waals surface area contributed by atoms with Gasteiger partial charge in [0.1, 0.15) is 0 Å². The van der Waals surface area contributed by atoms with Crippen molar-refractivity contribution in [2.24, 2.45) is 5.73 Å². The molecule has 0 radical (unpaired) electrons. The van der Waals surface area contributed by atoms with E-state index in [1.165, 1.54) is 5.56 Å². The van der Waals surface area contributed by atoms with Crippen LogP contribution in [-0.4, -0.2) is 36.2 Å². The molecule has 0 bridgehead atoms. The molecule has 3 nitrogen and oxygen atoms in total. The molecule has 0 saturated carbocycles. The summed E-state index contributed by atoms with van der Waals surface area (Å²) in [6.45, 7) is 8.97. The molecule has 2 rings (SSSR count). The van der Waals surface area contributed by atoms with Crippen LogP contribution in [-0.2, 0) is 4.74 Å². The second-order valence-electron chi connectivity index (χ2n) is 5.93. The molecule has 1 aromatic carbocycles. The van der Waals surface area contributed by atoms with Crippen molar-refractivity contribution in [2.45, 2.75) is 38.5 Å². The highest BCUT2D eigenvalue weighted by molar-refractivity contribution is 9.10. The van der Waals surface area contributed by atoms with E-state index in [4.69, 9.17) is 10.5 Å². The largest absolute Gasteiger partial charge is 0.373 e. The molecular weight excluding hydrogens is 304 g/mol. The van der Waals surface area contributed by atoms with Crippen molar-refractivity contribution in [3.8, 4) is 0 Å². The minimum atomic E-state index is -0.0965. The molecule has 2 N–H and O–H groups in total. The number of ether oxygens (including phenoxy) is 1. The number of rotatable bonds is 3. The van der Waals surface area contributed by atoms with Crippen LogP contribution in [0, 0.1) is 0 Å². The van der Waals surface area contributed by atoms with Crippen LogP contribution in [0.5, 0.6) is 0 Å². The van der Waals surface area contributed by atoms with Crippen molar-refractivity contribution >= 4 is 15.9 Å². The third kappa shape index (κ3) is 3.78. The van der Waals surface area contributed by atoms with Crippen LogP contribution in [0.15, 0.2) is 28.7 Å². The molecule has 2 atom stereocenters. The molecule has 1 fully saturated rings. The second-order valence-corrected chi connectivity index (χ2v) is 6.85. The lowest BCUT2D eigenvalue weighted by atomic mass is 9.96. The van der Waals surface area contributed by atoms with Gasteiger partial charge in [-0.2, -0.15) is 0 Å². The molecule has 0 aliphatic carbocycles. The number of morpholine rings is 1. The van der Waals surface area contributed by atoms with Gasteiger partial charge in [0.15, 0.2) is 0 Å². The van der Waals surface area contributed by atoms with E-state index in [-0.39, 0.29) is 17.7 Å². The molecule has 19 heavy (non-hydrogen) atoms. The topological polar surface area (TPSA) is 38.5 Å². The van der Waals surface area contributed by atoms with Crippen LogP contribution in [0.3, 0.4) is 0 Å². The summed E-state index contributed by atoms with van der Waals surface area (Å²) in [6, 6.07) is 8.81. The quantitative estimate of drug-likeness (QED) is 0.928. The Hall–Kier alpha value is -0.420. The van der Waals surface area contributed by atoms with Crippen LogP contribution in [0.25, 0.3) is 0 Å². The summed E-state index contributed by atoms with van der Waals surface area (Å²) in [5.41, 5.74) is 7.41. The summed E-state index contributed by atoms with van der Waals surface area (Å²) in [5.74, 6) is 0. The van der Waals surface area contributed by atoms with E-state index in [1.807, 2.05) is 0 Å². The molecular formula is C15H23BrN2O. The highest BCUT2D eigenvalue weighted by Gasteiger charge is 2.33. The molecule has 1 aliphatic rings. The molecule has 1 aromatic rings. The maximum atomic E-state index is 6.23. The minimum absolute atomic E-state index is 0.0927. The fourth-order valence-corrected chi connectivity index (χ4v) is 3.06. The zero-order chi connectivity index (χ0) is 14.0. The third-order valence-corrected chi connectivity index (χ3v) is 4.09. The van der Waals surface area contributed by atoms with Crippen molar-refractivity contribution in [3.63, 3.8) is 0 Å². The van der Waals surface area contributed by atoms with E-state index in [0.717, 1.165) is 24.2 Å². The first kappa shape index (κ1) is 15.0. The van der Waals surface area contributed by atoms with Gasteiger partial charge in [-0.25, -0.2) is 0 Å². The van der Waals surface area contributed by atoms with Crippen molar-refractivity contribution < 1.29 is 4.74 Å². The van der Waals surface area contributed by atoms with E-state index in [1.54, 1.807) is 0 Å². The van der Waals surface area contributed by atoms with Crippen LogP contribution in [0.4, 0.5) is 0 Å². The van der Waals surface area contributed by atoms with Crippen LogP contribution in [0.1, 0.15) is 32.4 Å². The van der Waals surface area contributed by atoms with Gasteiger partial charge in [-0.3, -0.25) is 4.90 Å². The van der Waals surface area contributed by atoms with Crippen molar-refractivity contribution in [3.05, 3.63) is 34.3 Å². The number of benzene rings is 1. The highest BCUT2D eigenvalue weighted by Crippen LogP contribution is 2.29. The molecule has 106 valence electrons. The summed E-state index contributed by atoms with van der Waals surface area (Å²) in [6.07, 6.45) is 0. The molecule has 2 unspecified atom stereocenters. The van der Waals surface area contributed by atoms with E-state index < -0.39 is 0 Å². The van der Waals surface area contributed by atoms with E-state index >= 15 is 0 Å². The number of hydrogen-bond acceptors (Lipinski definition) is 3. The zero-order valence-electron chi connectivity index (χ0n) is 11.9. The number of hydrogen-bond donors (Lipinski definition) is 1. The Morgan fingerprint density at radius 1 is 1.32 bits per heavy atom. The highest BCUT2D eigenvalue weighted by atomic mass is 79.9. The lowest BCUT2D eigenvalue weighted by Crippen LogP contribution is -2.52. The molecule has 1 aliphatic heterocycles. The minimum Gasteiger partial charge on any atom is -0.373 e. The van der Waals surface area contributed by atoms with Gasteiger partial charge in [0.05, 0.1) is 12.2 Å². The first-order valence-corrected chi connectivity index (χ1v) is 7.57. The SMILES string of the molecule is CC(N)C(c1ccc(Br)cc1)N1CCOC(C)(C)C1. The van der Waals surface area contributed by atoms with Crippen LogP contribution in [0.2, 0.25) is 0 Å². The fourth-order valence-electron chi connectivity index (χ4n) is 2.80. The summed E-state index contributed by atoms with van der Waals surface area (Å²) in [7, 11) is 0. The molecule has 0 amide bonds. The molecule has 4 heteroatoms. The third-order valence-electron chi connectivity index (χ3n) is 3.56. The monoisotopic (exact) mass is 326 g/mol. The summed E-state index contributed by atoms with van der Waals surface area (Å²) in [4.78, 5) is 2.44. The van der Waals surface area contributed by atoms with Gasteiger partial charge in [-0.1, -0.05) is 28.1 Å². The molecule has 1 saturated heterocycles. The number of nitrogens with two attached hydrogens (primary N) is 1. The summed E-state index contributed by atoms with van der Waals surface area (Å²) >= 11 is 3.48. The van der Waals surface area contributed by atoms with Gasteiger partial charge in [-0.15, -0.1) is 0 Å². The Morgan fingerprint density at radius 3 is 2.47 bits per heavy atom. The predicted octanol–water partition coefficient (Wildman–Crippen LogP) is 2.95. The molecule has 1 heterocycles. The molecule has 0 spiro atoms. The average molecular weight is 327 g/mol. The fraction of sp³-hybridized carbons (Fsp3) is 0.600. The maximum Gasteiger partial charge on any atom is 0.0753 e. The van der Waals surface area contributed by atoms with Crippen molar-refractivity contribution in [1.82, 2.24) is 4.90 Å². The Morgan fingerprint density at radius 2 is 1.95 bits per heavy atom.